The van der Waals surface area contributed by atoms with Crippen LogP contribution in [0.4, 0.5) is 10.1 Å². The van der Waals surface area contributed by atoms with E-state index in [0.29, 0.717) is 4.47 Å². The quantitative estimate of drug-likeness (QED) is 0.791. The summed E-state index contributed by atoms with van der Waals surface area (Å²) in [6.07, 6.45) is 0.149. The van der Waals surface area contributed by atoms with Crippen LogP contribution in [0.15, 0.2) is 29.0 Å². The molecule has 0 fully saturated rings. The molecule has 1 heterocycles. The summed E-state index contributed by atoms with van der Waals surface area (Å²) in [6, 6.07) is 4.18. The minimum absolute atomic E-state index is 0.00317. The van der Waals surface area contributed by atoms with Crippen LogP contribution in [0, 0.1) is 5.82 Å². The number of ether oxygens (including phenoxy) is 1. The van der Waals surface area contributed by atoms with Crippen molar-refractivity contribution in [3.63, 3.8) is 0 Å². The minimum Gasteiger partial charge on any atom is -0.451 e. The maximum Gasteiger partial charge on any atom is 0.328 e. The Labute approximate surface area is 132 Å². The molecule has 0 radical (unpaired) electrons. The molecule has 0 saturated heterocycles. The van der Waals surface area contributed by atoms with Crippen molar-refractivity contribution in [1.29, 1.82) is 0 Å². The third-order valence-electron chi connectivity index (χ3n) is 2.55. The molecular weight excluding hydrogens is 361 g/mol. The van der Waals surface area contributed by atoms with E-state index in [1.807, 2.05) is 0 Å². The Balaban J connectivity index is 1.90. The fourth-order valence-corrected chi connectivity index (χ4v) is 1.83. The van der Waals surface area contributed by atoms with Gasteiger partial charge in [0.15, 0.2) is 6.10 Å². The normalized spacial score (nSPS) is 11.8. The number of esters is 1. The van der Waals surface area contributed by atoms with Crippen LogP contribution < -0.4 is 5.32 Å². The van der Waals surface area contributed by atoms with E-state index in [9.17, 15) is 14.0 Å². The van der Waals surface area contributed by atoms with Crippen LogP contribution in [0.5, 0.6) is 0 Å². The van der Waals surface area contributed by atoms with Gasteiger partial charge in [-0.15, -0.1) is 5.10 Å². The van der Waals surface area contributed by atoms with Crippen molar-refractivity contribution in [2.24, 2.45) is 0 Å². The average molecular weight is 372 g/mol. The molecule has 1 atom stereocenters. The highest BCUT2D eigenvalue weighted by Crippen LogP contribution is 2.19. The topological polar surface area (TPSA) is 99.0 Å². The van der Waals surface area contributed by atoms with Crippen molar-refractivity contribution in [3.8, 4) is 0 Å². The van der Waals surface area contributed by atoms with Crippen LogP contribution in [0.1, 0.15) is 6.92 Å². The smallest absolute Gasteiger partial charge is 0.328 e. The fourth-order valence-electron chi connectivity index (χ4n) is 1.50. The molecule has 0 aliphatic heterocycles. The molecule has 1 amide bonds. The van der Waals surface area contributed by atoms with E-state index in [-0.39, 0.29) is 12.2 Å². The summed E-state index contributed by atoms with van der Waals surface area (Å²) < 4.78 is 20.2. The van der Waals surface area contributed by atoms with Gasteiger partial charge in [0.1, 0.15) is 18.7 Å². The van der Waals surface area contributed by atoms with Crippen LogP contribution in [0.25, 0.3) is 0 Å². The SMILES string of the molecule is C[C@H](OC(=O)Cn1cnnn1)C(=O)Nc1ccc(Br)cc1F. The van der Waals surface area contributed by atoms with Gasteiger partial charge >= 0.3 is 5.97 Å². The molecule has 2 aromatic rings. The van der Waals surface area contributed by atoms with Crippen LogP contribution in [0.2, 0.25) is 0 Å². The van der Waals surface area contributed by atoms with E-state index in [0.717, 1.165) is 4.68 Å². The van der Waals surface area contributed by atoms with Gasteiger partial charge in [0.2, 0.25) is 0 Å². The van der Waals surface area contributed by atoms with Gasteiger partial charge in [-0.05, 0) is 35.5 Å². The fraction of sp³-hybridized carbons (Fsp3) is 0.250. The summed E-state index contributed by atoms with van der Waals surface area (Å²) in [5, 5.41) is 12.6. The number of hydrogen-bond acceptors (Lipinski definition) is 6. The second-order valence-electron chi connectivity index (χ2n) is 4.25. The van der Waals surface area contributed by atoms with E-state index in [4.69, 9.17) is 4.74 Å². The number of halogens is 2. The standard InChI is InChI=1S/C12H11BrFN5O3/c1-7(22-11(20)5-19-6-15-17-18-19)12(21)16-10-3-2-8(13)4-9(10)14/h2-4,6-7H,5H2,1H3,(H,16,21)/t7-/m0/s1. The lowest BCUT2D eigenvalue weighted by Gasteiger charge is -2.13. The monoisotopic (exact) mass is 371 g/mol. The first-order chi connectivity index (χ1) is 10.5. The Bertz CT molecular complexity index is 679. The van der Waals surface area contributed by atoms with Gasteiger partial charge in [-0.2, -0.15) is 0 Å². The first-order valence-corrected chi connectivity index (χ1v) is 6.91. The first kappa shape index (κ1) is 16.0. The zero-order valence-corrected chi connectivity index (χ0v) is 12.9. The number of carbonyl (C=O) groups is 2. The van der Waals surface area contributed by atoms with Gasteiger partial charge in [-0.1, -0.05) is 15.9 Å². The second-order valence-corrected chi connectivity index (χ2v) is 5.17. The zero-order valence-electron chi connectivity index (χ0n) is 11.4. The van der Waals surface area contributed by atoms with Crippen LogP contribution in [-0.4, -0.2) is 38.2 Å². The Morgan fingerprint density at radius 2 is 2.27 bits per heavy atom. The Kier molecular flexibility index (Phi) is 5.15. The molecule has 0 bridgehead atoms. The second kappa shape index (κ2) is 7.07. The summed E-state index contributed by atoms with van der Waals surface area (Å²) in [5.41, 5.74) is -0.00317. The average Bonchev–Trinajstić information content (AvgIpc) is 2.94. The van der Waals surface area contributed by atoms with Crippen LogP contribution in [-0.2, 0) is 20.9 Å². The Morgan fingerprint density at radius 3 is 2.91 bits per heavy atom. The lowest BCUT2D eigenvalue weighted by atomic mass is 10.3. The Hall–Kier alpha value is -2.36. The molecule has 22 heavy (non-hydrogen) atoms. The highest BCUT2D eigenvalue weighted by molar-refractivity contribution is 9.10. The predicted molar refractivity (Wildman–Crippen MR) is 76.1 cm³/mol. The molecule has 1 aromatic carbocycles. The number of aromatic nitrogens is 4. The van der Waals surface area contributed by atoms with Gasteiger partial charge in [-0.3, -0.25) is 9.59 Å². The largest absolute Gasteiger partial charge is 0.451 e. The molecule has 10 heteroatoms. The van der Waals surface area contributed by atoms with Crippen molar-refractivity contribution < 1.29 is 18.7 Å². The number of amides is 1. The number of carbonyl (C=O) groups excluding carboxylic acids is 2. The number of nitrogens with one attached hydrogen (secondary N) is 1. The lowest BCUT2D eigenvalue weighted by molar-refractivity contribution is -0.153. The van der Waals surface area contributed by atoms with Crippen molar-refractivity contribution in [3.05, 3.63) is 34.8 Å². The van der Waals surface area contributed by atoms with E-state index in [1.54, 1.807) is 6.07 Å². The lowest BCUT2D eigenvalue weighted by Crippen LogP contribution is -2.31. The number of benzene rings is 1. The summed E-state index contributed by atoms with van der Waals surface area (Å²) in [6.45, 7) is 1.15. The number of hydrogen-bond donors (Lipinski definition) is 1. The van der Waals surface area contributed by atoms with Gasteiger partial charge in [0.25, 0.3) is 5.91 Å². The van der Waals surface area contributed by atoms with Crippen molar-refractivity contribution in [2.45, 2.75) is 19.6 Å². The van der Waals surface area contributed by atoms with E-state index >= 15 is 0 Å². The van der Waals surface area contributed by atoms with E-state index in [2.05, 4.69) is 36.8 Å². The minimum atomic E-state index is -1.09. The highest BCUT2D eigenvalue weighted by Gasteiger charge is 2.19. The van der Waals surface area contributed by atoms with Crippen molar-refractivity contribution in [2.75, 3.05) is 5.32 Å². The van der Waals surface area contributed by atoms with Gasteiger partial charge in [0, 0.05) is 4.47 Å². The Morgan fingerprint density at radius 1 is 1.50 bits per heavy atom. The van der Waals surface area contributed by atoms with Crippen molar-refractivity contribution >= 4 is 33.5 Å². The molecule has 8 nitrogen and oxygen atoms in total. The summed E-state index contributed by atoms with van der Waals surface area (Å²) >= 11 is 3.11. The number of tetrazole rings is 1. The molecule has 2 rings (SSSR count). The third-order valence-corrected chi connectivity index (χ3v) is 3.04. The molecule has 0 spiro atoms. The molecule has 0 aliphatic carbocycles. The molecule has 116 valence electrons. The van der Waals surface area contributed by atoms with Gasteiger partial charge < -0.3 is 10.1 Å². The third kappa shape index (κ3) is 4.32. The van der Waals surface area contributed by atoms with E-state index < -0.39 is 23.8 Å². The maximum atomic E-state index is 13.6. The van der Waals surface area contributed by atoms with E-state index in [1.165, 1.54) is 25.4 Å². The summed E-state index contributed by atoms with van der Waals surface area (Å²) in [7, 11) is 0. The number of nitrogens with zero attached hydrogens (tertiary/aromatic N) is 4. The molecule has 1 aromatic heterocycles. The molecule has 0 saturated carbocycles. The zero-order chi connectivity index (χ0) is 16.1. The number of rotatable bonds is 5. The number of anilines is 1. The maximum absolute atomic E-state index is 13.6. The molecule has 0 aliphatic rings. The van der Waals surface area contributed by atoms with Crippen LogP contribution >= 0.6 is 15.9 Å². The molecule has 0 unspecified atom stereocenters. The van der Waals surface area contributed by atoms with Gasteiger partial charge in [-0.25, -0.2) is 9.07 Å². The molecule has 1 N–H and O–H groups in total. The highest BCUT2D eigenvalue weighted by atomic mass is 79.9. The summed E-state index contributed by atoms with van der Waals surface area (Å²) in [5.74, 6) is -1.94. The van der Waals surface area contributed by atoms with Gasteiger partial charge in [0.05, 0.1) is 5.69 Å². The predicted octanol–water partition coefficient (Wildman–Crippen LogP) is 1.15. The summed E-state index contributed by atoms with van der Waals surface area (Å²) in [4.78, 5) is 23.5. The first-order valence-electron chi connectivity index (χ1n) is 6.12. The van der Waals surface area contributed by atoms with Crippen molar-refractivity contribution in [1.82, 2.24) is 20.2 Å². The molecular formula is C12H11BrFN5O3. The van der Waals surface area contributed by atoms with Crippen LogP contribution in [0.3, 0.4) is 0 Å².